The SMILES string of the molecule is COC(=O)c1c(NC(=O)COC(=O)Cc2cc(OC)c(OC)c(OC)c2)sc2c1CCCCC2. The lowest BCUT2D eigenvalue weighted by Gasteiger charge is -2.14. The molecule has 9 nitrogen and oxygen atoms in total. The number of ether oxygens (including phenoxy) is 5. The van der Waals surface area contributed by atoms with Crippen LogP contribution in [0, 0.1) is 0 Å². The lowest BCUT2D eigenvalue weighted by atomic mass is 10.1. The van der Waals surface area contributed by atoms with E-state index in [1.165, 1.54) is 39.8 Å². The maximum Gasteiger partial charge on any atom is 0.341 e. The molecular weight excluding hydrogens is 462 g/mol. The van der Waals surface area contributed by atoms with Gasteiger partial charge in [0.15, 0.2) is 18.1 Å². The van der Waals surface area contributed by atoms with Gasteiger partial charge in [0.2, 0.25) is 5.75 Å². The summed E-state index contributed by atoms with van der Waals surface area (Å²) in [5, 5.41) is 3.15. The first kappa shape index (κ1) is 25.4. The summed E-state index contributed by atoms with van der Waals surface area (Å²) in [5.41, 5.74) is 1.93. The molecule has 0 spiro atoms. The molecule has 10 heteroatoms. The summed E-state index contributed by atoms with van der Waals surface area (Å²) in [6, 6.07) is 3.29. The Hall–Kier alpha value is -3.27. The molecule has 1 aliphatic carbocycles. The van der Waals surface area contributed by atoms with Crippen molar-refractivity contribution >= 4 is 34.2 Å². The molecule has 0 aliphatic heterocycles. The third-order valence-corrected chi connectivity index (χ3v) is 6.71. The van der Waals surface area contributed by atoms with Crippen LogP contribution in [0.25, 0.3) is 0 Å². The van der Waals surface area contributed by atoms with Crippen molar-refractivity contribution in [2.45, 2.75) is 38.5 Å². The fraction of sp³-hybridized carbons (Fsp3) is 0.458. The van der Waals surface area contributed by atoms with Crippen molar-refractivity contribution in [2.75, 3.05) is 40.4 Å². The first-order valence-electron chi connectivity index (χ1n) is 10.9. The lowest BCUT2D eigenvalue weighted by molar-refractivity contribution is -0.146. The molecule has 0 saturated heterocycles. The van der Waals surface area contributed by atoms with Crippen LogP contribution >= 0.6 is 11.3 Å². The number of hydrogen-bond donors (Lipinski definition) is 1. The van der Waals surface area contributed by atoms with Gasteiger partial charge in [0, 0.05) is 4.88 Å². The van der Waals surface area contributed by atoms with Crippen LogP contribution in [0.3, 0.4) is 0 Å². The molecule has 3 rings (SSSR count). The number of aryl methyl sites for hydroxylation is 1. The number of carbonyl (C=O) groups excluding carboxylic acids is 3. The first-order valence-corrected chi connectivity index (χ1v) is 11.7. The quantitative estimate of drug-likeness (QED) is 0.419. The molecule has 1 aromatic heterocycles. The van der Waals surface area contributed by atoms with Crippen molar-refractivity contribution in [2.24, 2.45) is 0 Å². The number of benzene rings is 1. The van der Waals surface area contributed by atoms with E-state index in [4.69, 9.17) is 23.7 Å². The molecule has 34 heavy (non-hydrogen) atoms. The fourth-order valence-electron chi connectivity index (χ4n) is 3.91. The van der Waals surface area contributed by atoms with Crippen molar-refractivity contribution in [3.63, 3.8) is 0 Å². The molecule has 1 aliphatic rings. The highest BCUT2D eigenvalue weighted by atomic mass is 32.1. The van der Waals surface area contributed by atoms with E-state index in [-0.39, 0.29) is 6.42 Å². The van der Waals surface area contributed by atoms with Gasteiger partial charge in [-0.1, -0.05) is 6.42 Å². The van der Waals surface area contributed by atoms with Crippen LogP contribution in [0.5, 0.6) is 17.2 Å². The number of carbonyl (C=O) groups is 3. The van der Waals surface area contributed by atoms with Crippen LogP contribution in [0.1, 0.15) is 45.6 Å². The Bertz CT molecular complexity index is 1040. The topological polar surface area (TPSA) is 109 Å². The molecule has 2 aromatic rings. The highest BCUT2D eigenvalue weighted by molar-refractivity contribution is 7.17. The van der Waals surface area contributed by atoms with Crippen molar-refractivity contribution < 1.29 is 38.1 Å². The number of fused-ring (bicyclic) bond motifs is 1. The molecule has 0 radical (unpaired) electrons. The van der Waals surface area contributed by atoms with Gasteiger partial charge in [-0.3, -0.25) is 9.59 Å². The highest BCUT2D eigenvalue weighted by Gasteiger charge is 2.26. The summed E-state index contributed by atoms with van der Waals surface area (Å²) in [7, 11) is 5.77. The van der Waals surface area contributed by atoms with Crippen molar-refractivity contribution in [1.29, 1.82) is 0 Å². The maximum atomic E-state index is 12.5. The molecule has 0 unspecified atom stereocenters. The predicted molar refractivity (Wildman–Crippen MR) is 126 cm³/mol. The van der Waals surface area contributed by atoms with Gasteiger partial charge in [-0.15, -0.1) is 11.3 Å². The summed E-state index contributed by atoms with van der Waals surface area (Å²) in [6.45, 7) is -0.480. The third kappa shape index (κ3) is 5.80. The fourth-order valence-corrected chi connectivity index (χ4v) is 5.21. The van der Waals surface area contributed by atoms with Crippen LogP contribution < -0.4 is 19.5 Å². The van der Waals surface area contributed by atoms with E-state index >= 15 is 0 Å². The molecule has 0 atom stereocenters. The van der Waals surface area contributed by atoms with Gasteiger partial charge in [-0.2, -0.15) is 0 Å². The molecule has 1 aromatic carbocycles. The average Bonchev–Trinajstić information content (AvgIpc) is 3.01. The number of hydrogen-bond acceptors (Lipinski definition) is 9. The van der Waals surface area contributed by atoms with Gasteiger partial charge in [0.1, 0.15) is 5.00 Å². The molecular formula is C24H29NO8S. The third-order valence-electron chi connectivity index (χ3n) is 5.50. The number of anilines is 1. The van der Waals surface area contributed by atoms with Gasteiger partial charge < -0.3 is 29.0 Å². The smallest absolute Gasteiger partial charge is 0.341 e. The summed E-state index contributed by atoms with van der Waals surface area (Å²) in [4.78, 5) is 38.4. The minimum atomic E-state index is -0.598. The van der Waals surface area contributed by atoms with E-state index in [0.29, 0.717) is 33.4 Å². The Morgan fingerprint density at radius 1 is 0.941 bits per heavy atom. The second kappa shape index (κ2) is 11.7. The van der Waals surface area contributed by atoms with E-state index < -0.39 is 24.5 Å². The van der Waals surface area contributed by atoms with Crippen LogP contribution in [-0.2, 0) is 38.3 Å². The Balaban J connectivity index is 1.65. The second-order valence-electron chi connectivity index (χ2n) is 7.68. The van der Waals surface area contributed by atoms with E-state index in [1.807, 2.05) is 0 Å². The predicted octanol–water partition coefficient (Wildman–Crippen LogP) is 3.55. The van der Waals surface area contributed by atoms with Crippen LogP contribution in [0.4, 0.5) is 5.00 Å². The molecule has 0 bridgehead atoms. The number of methoxy groups -OCH3 is 4. The van der Waals surface area contributed by atoms with Gasteiger partial charge in [-0.25, -0.2) is 4.79 Å². The molecule has 1 N–H and O–H groups in total. The highest BCUT2D eigenvalue weighted by Crippen LogP contribution is 2.39. The number of amides is 1. The van der Waals surface area contributed by atoms with Gasteiger partial charge >= 0.3 is 11.9 Å². The van der Waals surface area contributed by atoms with Crippen LogP contribution in [0.2, 0.25) is 0 Å². The Kier molecular flexibility index (Phi) is 8.75. The zero-order valence-corrected chi connectivity index (χ0v) is 20.6. The molecule has 184 valence electrons. The lowest BCUT2D eigenvalue weighted by Crippen LogP contribution is -2.22. The van der Waals surface area contributed by atoms with Crippen molar-refractivity contribution in [1.82, 2.24) is 0 Å². The first-order chi connectivity index (χ1) is 16.4. The van der Waals surface area contributed by atoms with Crippen molar-refractivity contribution in [3.8, 4) is 17.2 Å². The van der Waals surface area contributed by atoms with Crippen LogP contribution in [-0.4, -0.2) is 52.9 Å². The zero-order chi connectivity index (χ0) is 24.7. The van der Waals surface area contributed by atoms with E-state index in [1.54, 1.807) is 12.1 Å². The number of rotatable bonds is 9. The van der Waals surface area contributed by atoms with Crippen molar-refractivity contribution in [3.05, 3.63) is 33.7 Å². The second-order valence-corrected chi connectivity index (χ2v) is 8.78. The molecule has 1 amide bonds. The molecule has 1 heterocycles. The molecule has 0 saturated carbocycles. The average molecular weight is 492 g/mol. The summed E-state index contributed by atoms with van der Waals surface area (Å²) >= 11 is 1.38. The monoisotopic (exact) mass is 491 g/mol. The summed E-state index contributed by atoms with van der Waals surface area (Å²) in [6.07, 6.45) is 4.68. The number of nitrogens with one attached hydrogen (secondary N) is 1. The number of thiophene rings is 1. The minimum Gasteiger partial charge on any atom is -0.493 e. The van der Waals surface area contributed by atoms with Gasteiger partial charge in [-0.05, 0) is 48.9 Å². The largest absolute Gasteiger partial charge is 0.493 e. The Morgan fingerprint density at radius 2 is 1.62 bits per heavy atom. The van der Waals surface area contributed by atoms with Crippen LogP contribution in [0.15, 0.2) is 12.1 Å². The Morgan fingerprint density at radius 3 is 2.24 bits per heavy atom. The minimum absolute atomic E-state index is 0.0926. The van der Waals surface area contributed by atoms with Gasteiger partial charge in [0.25, 0.3) is 5.91 Å². The molecule has 0 fully saturated rings. The number of esters is 2. The summed E-state index contributed by atoms with van der Waals surface area (Å²) in [5.74, 6) is -0.365. The maximum absolute atomic E-state index is 12.5. The standard InChI is InChI=1S/C24H29NO8S/c1-29-16-10-14(11-17(30-2)22(16)31-3)12-20(27)33-13-19(26)25-23-21(24(28)32-4)15-8-6-5-7-9-18(15)34-23/h10-11H,5-9,12-13H2,1-4H3,(H,25,26). The van der Waals surface area contributed by atoms with E-state index in [0.717, 1.165) is 42.5 Å². The zero-order valence-electron chi connectivity index (χ0n) is 19.8. The summed E-state index contributed by atoms with van der Waals surface area (Å²) < 4.78 is 26.0. The van der Waals surface area contributed by atoms with E-state index in [2.05, 4.69) is 5.32 Å². The normalized spacial score (nSPS) is 12.7. The van der Waals surface area contributed by atoms with Gasteiger partial charge in [0.05, 0.1) is 40.4 Å². The van der Waals surface area contributed by atoms with E-state index in [9.17, 15) is 14.4 Å². The Labute approximate surface area is 202 Å².